The summed E-state index contributed by atoms with van der Waals surface area (Å²) in [6.45, 7) is 2.91. The minimum atomic E-state index is -3.61. The molecule has 0 atom stereocenters. The lowest BCUT2D eigenvalue weighted by molar-refractivity contribution is 0.296. The number of anilines is 1. The zero-order valence-corrected chi connectivity index (χ0v) is 15.6. The van der Waals surface area contributed by atoms with Crippen LogP contribution in [0.3, 0.4) is 0 Å². The molecule has 1 fully saturated rings. The molecule has 0 saturated carbocycles. The van der Waals surface area contributed by atoms with E-state index < -0.39 is 10.0 Å². The first kappa shape index (κ1) is 18.1. The van der Waals surface area contributed by atoms with Gasteiger partial charge in [-0.2, -0.15) is 4.31 Å². The van der Waals surface area contributed by atoms with Gasteiger partial charge < -0.3 is 14.4 Å². The summed E-state index contributed by atoms with van der Waals surface area (Å²) >= 11 is 0. The molecule has 1 saturated heterocycles. The summed E-state index contributed by atoms with van der Waals surface area (Å²) in [5.74, 6) is 0.764. The van der Waals surface area contributed by atoms with E-state index in [4.69, 9.17) is 9.47 Å². The van der Waals surface area contributed by atoms with E-state index in [1.807, 2.05) is 0 Å². The van der Waals surface area contributed by atoms with Crippen molar-refractivity contribution >= 4 is 15.7 Å². The Morgan fingerprint density at radius 2 is 1.52 bits per heavy atom. The van der Waals surface area contributed by atoms with Gasteiger partial charge in [-0.15, -0.1) is 0 Å². The molecule has 144 valence electrons. The van der Waals surface area contributed by atoms with E-state index >= 15 is 0 Å². The molecule has 4 rings (SSSR count). The second-order valence-electron chi connectivity index (χ2n) is 6.53. The number of halogens is 1. The van der Waals surface area contributed by atoms with Crippen LogP contribution in [0.5, 0.6) is 11.5 Å². The van der Waals surface area contributed by atoms with Crippen molar-refractivity contribution in [2.24, 2.45) is 0 Å². The van der Waals surface area contributed by atoms with Crippen LogP contribution in [-0.4, -0.2) is 52.1 Å². The summed E-state index contributed by atoms with van der Waals surface area (Å²) in [6.07, 6.45) is 0.766. The Morgan fingerprint density at radius 3 is 2.22 bits per heavy atom. The van der Waals surface area contributed by atoms with E-state index in [0.717, 1.165) is 12.1 Å². The van der Waals surface area contributed by atoms with Crippen LogP contribution in [0.2, 0.25) is 0 Å². The number of rotatable bonds is 3. The van der Waals surface area contributed by atoms with Crippen molar-refractivity contribution in [2.75, 3.05) is 44.3 Å². The zero-order valence-electron chi connectivity index (χ0n) is 14.8. The molecule has 0 aromatic heterocycles. The molecule has 8 heteroatoms. The third kappa shape index (κ3) is 3.72. The van der Waals surface area contributed by atoms with E-state index in [0.29, 0.717) is 50.9 Å². The van der Waals surface area contributed by atoms with Crippen molar-refractivity contribution in [3.63, 3.8) is 0 Å². The monoisotopic (exact) mass is 392 g/mol. The van der Waals surface area contributed by atoms with Gasteiger partial charge in [-0.05, 0) is 36.4 Å². The summed E-state index contributed by atoms with van der Waals surface area (Å²) in [5, 5.41) is 0. The minimum absolute atomic E-state index is 0.210. The summed E-state index contributed by atoms with van der Waals surface area (Å²) in [5.41, 5.74) is 0.893. The summed E-state index contributed by atoms with van der Waals surface area (Å²) in [6, 6.07) is 11.0. The number of piperazine rings is 1. The lowest BCUT2D eigenvalue weighted by Gasteiger charge is -2.35. The van der Waals surface area contributed by atoms with Gasteiger partial charge >= 0.3 is 0 Å². The smallest absolute Gasteiger partial charge is 0.243 e. The topological polar surface area (TPSA) is 59.1 Å². The molecule has 6 nitrogen and oxygen atoms in total. The number of benzene rings is 2. The second-order valence-corrected chi connectivity index (χ2v) is 8.46. The minimum Gasteiger partial charge on any atom is -0.490 e. The lowest BCUT2D eigenvalue weighted by Crippen LogP contribution is -2.48. The quantitative estimate of drug-likeness (QED) is 0.803. The normalized spacial score (nSPS) is 18.2. The van der Waals surface area contributed by atoms with Gasteiger partial charge in [-0.1, -0.05) is 0 Å². The Kier molecular flexibility index (Phi) is 4.92. The highest BCUT2D eigenvalue weighted by Gasteiger charge is 2.29. The van der Waals surface area contributed by atoms with Gasteiger partial charge in [-0.3, -0.25) is 0 Å². The zero-order chi connectivity index (χ0) is 18.9. The van der Waals surface area contributed by atoms with Crippen LogP contribution in [0.15, 0.2) is 47.4 Å². The third-order valence-electron chi connectivity index (χ3n) is 4.79. The summed E-state index contributed by atoms with van der Waals surface area (Å²) < 4.78 is 51.8. The molecule has 2 aliphatic heterocycles. The molecule has 0 spiro atoms. The third-order valence-corrected chi connectivity index (χ3v) is 6.68. The van der Waals surface area contributed by atoms with Gasteiger partial charge in [-0.25, -0.2) is 12.8 Å². The molecule has 2 aliphatic rings. The van der Waals surface area contributed by atoms with Crippen molar-refractivity contribution < 1.29 is 22.3 Å². The van der Waals surface area contributed by atoms with Crippen molar-refractivity contribution in [2.45, 2.75) is 11.3 Å². The van der Waals surface area contributed by atoms with Crippen molar-refractivity contribution in [3.8, 4) is 11.5 Å². The predicted octanol–water partition coefficient (Wildman–Crippen LogP) is 2.50. The van der Waals surface area contributed by atoms with Crippen LogP contribution in [0.25, 0.3) is 0 Å². The maximum absolute atomic E-state index is 13.1. The van der Waals surface area contributed by atoms with E-state index in [2.05, 4.69) is 4.90 Å². The SMILES string of the molecule is O=S(=O)(c1ccc2c(c1)OCCCO2)N1CCN(c2ccc(F)cc2)CC1. The van der Waals surface area contributed by atoms with Crippen LogP contribution < -0.4 is 14.4 Å². The van der Waals surface area contributed by atoms with Gasteiger partial charge in [0.1, 0.15) is 5.82 Å². The van der Waals surface area contributed by atoms with Crippen LogP contribution in [-0.2, 0) is 10.0 Å². The highest BCUT2D eigenvalue weighted by atomic mass is 32.2. The van der Waals surface area contributed by atoms with Crippen molar-refractivity contribution in [1.29, 1.82) is 0 Å². The van der Waals surface area contributed by atoms with Crippen LogP contribution >= 0.6 is 0 Å². The number of hydrogen-bond donors (Lipinski definition) is 0. The summed E-state index contributed by atoms with van der Waals surface area (Å²) in [4.78, 5) is 2.27. The number of sulfonamides is 1. The van der Waals surface area contributed by atoms with Gasteiger partial charge in [0.05, 0.1) is 18.1 Å². The van der Waals surface area contributed by atoms with E-state index in [-0.39, 0.29) is 10.7 Å². The first-order valence-corrected chi connectivity index (χ1v) is 10.4. The second kappa shape index (κ2) is 7.36. The fraction of sp³-hybridized carbons (Fsp3) is 0.368. The molecule has 2 aromatic carbocycles. The van der Waals surface area contributed by atoms with Gasteiger partial charge in [0, 0.05) is 44.4 Å². The fourth-order valence-corrected chi connectivity index (χ4v) is 4.73. The van der Waals surface area contributed by atoms with Crippen LogP contribution in [0, 0.1) is 5.82 Å². The molecule has 2 heterocycles. The van der Waals surface area contributed by atoms with Gasteiger partial charge in [0.15, 0.2) is 11.5 Å². The Labute approximate surface area is 158 Å². The average Bonchev–Trinajstić information content (AvgIpc) is 2.93. The molecule has 0 unspecified atom stereocenters. The Hall–Kier alpha value is -2.32. The largest absolute Gasteiger partial charge is 0.490 e. The van der Waals surface area contributed by atoms with Gasteiger partial charge in [0.25, 0.3) is 0 Å². The number of fused-ring (bicyclic) bond motifs is 1. The van der Waals surface area contributed by atoms with Crippen molar-refractivity contribution in [1.82, 2.24) is 4.31 Å². The molecule has 0 amide bonds. The van der Waals surface area contributed by atoms with Crippen molar-refractivity contribution in [3.05, 3.63) is 48.3 Å². The highest BCUT2D eigenvalue weighted by Crippen LogP contribution is 2.33. The molecule has 2 aromatic rings. The average molecular weight is 392 g/mol. The number of ether oxygens (including phenoxy) is 2. The molecular weight excluding hydrogens is 371 g/mol. The maximum Gasteiger partial charge on any atom is 0.243 e. The standard InChI is InChI=1S/C19H21FN2O4S/c20-15-2-4-16(5-3-15)21-8-10-22(11-9-21)27(23,24)17-6-7-18-19(14-17)26-13-1-12-25-18/h2-7,14H,1,8-13H2. The molecule has 0 aliphatic carbocycles. The first-order valence-electron chi connectivity index (χ1n) is 8.94. The lowest BCUT2D eigenvalue weighted by atomic mass is 10.2. The molecular formula is C19H21FN2O4S. The van der Waals surface area contributed by atoms with E-state index in [1.165, 1.54) is 16.4 Å². The molecule has 0 bridgehead atoms. The number of nitrogens with zero attached hydrogens (tertiary/aromatic N) is 2. The molecule has 0 radical (unpaired) electrons. The fourth-order valence-electron chi connectivity index (χ4n) is 3.29. The highest BCUT2D eigenvalue weighted by molar-refractivity contribution is 7.89. The first-order chi connectivity index (χ1) is 13.0. The summed E-state index contributed by atoms with van der Waals surface area (Å²) in [7, 11) is -3.61. The Bertz CT molecular complexity index is 910. The van der Waals surface area contributed by atoms with Crippen LogP contribution in [0.1, 0.15) is 6.42 Å². The van der Waals surface area contributed by atoms with E-state index in [1.54, 1.807) is 30.3 Å². The van der Waals surface area contributed by atoms with Gasteiger partial charge in [0.2, 0.25) is 10.0 Å². The van der Waals surface area contributed by atoms with E-state index in [9.17, 15) is 12.8 Å². The van der Waals surface area contributed by atoms with Crippen LogP contribution in [0.4, 0.5) is 10.1 Å². The maximum atomic E-state index is 13.1. The molecule has 0 N–H and O–H groups in total. The number of hydrogen-bond acceptors (Lipinski definition) is 5. The Morgan fingerprint density at radius 1 is 0.852 bits per heavy atom. The Balaban J connectivity index is 1.49. The predicted molar refractivity (Wildman–Crippen MR) is 99.4 cm³/mol. The molecule has 27 heavy (non-hydrogen) atoms.